The van der Waals surface area contributed by atoms with Gasteiger partial charge >= 0.3 is 5.97 Å². The zero-order valence-corrected chi connectivity index (χ0v) is 12.3. The van der Waals surface area contributed by atoms with Crippen LogP contribution >= 0.6 is 0 Å². The Kier molecular flexibility index (Phi) is 3.48. The van der Waals surface area contributed by atoms with Crippen LogP contribution in [-0.4, -0.2) is 23.8 Å². The molecule has 3 heteroatoms. The summed E-state index contributed by atoms with van der Waals surface area (Å²) in [7, 11) is 0. The summed E-state index contributed by atoms with van der Waals surface area (Å²) in [6.07, 6.45) is 4.80. The molecule has 18 heavy (non-hydrogen) atoms. The van der Waals surface area contributed by atoms with E-state index in [9.17, 15) is 4.79 Å². The third-order valence-corrected chi connectivity index (χ3v) is 5.01. The van der Waals surface area contributed by atoms with Crippen LogP contribution in [0.4, 0.5) is 0 Å². The van der Waals surface area contributed by atoms with Crippen LogP contribution in [0.5, 0.6) is 0 Å². The van der Waals surface area contributed by atoms with Gasteiger partial charge in [0.2, 0.25) is 0 Å². The average Bonchev–Trinajstić information content (AvgIpc) is 2.67. The molecule has 0 aromatic carbocycles. The van der Waals surface area contributed by atoms with Crippen LogP contribution in [0.1, 0.15) is 60.3 Å². The van der Waals surface area contributed by atoms with E-state index in [0.29, 0.717) is 12.0 Å². The monoisotopic (exact) mass is 254 g/mol. The standard InChI is InChI=1S/C15H26O3/c1-10(17-11(2)16)6-7-12-14(3,4)13-8-9-15(12,5)18-13/h10,12-13H,6-9H2,1-5H3/t10?,12-,13+,15-/m0/s1. The van der Waals surface area contributed by atoms with Crippen LogP contribution in [0.15, 0.2) is 0 Å². The predicted octanol–water partition coefficient (Wildman–Crippen LogP) is 3.31. The summed E-state index contributed by atoms with van der Waals surface area (Å²) in [4.78, 5) is 10.9. The largest absolute Gasteiger partial charge is 0.463 e. The molecule has 2 aliphatic heterocycles. The van der Waals surface area contributed by atoms with Gasteiger partial charge in [0.1, 0.15) is 0 Å². The molecule has 0 aliphatic carbocycles. The van der Waals surface area contributed by atoms with Crippen molar-refractivity contribution >= 4 is 5.97 Å². The lowest BCUT2D eigenvalue weighted by Crippen LogP contribution is -2.40. The molecule has 104 valence electrons. The van der Waals surface area contributed by atoms with Crippen molar-refractivity contribution in [3.05, 3.63) is 0 Å². The molecular formula is C15H26O3. The first kappa shape index (κ1) is 13.9. The summed E-state index contributed by atoms with van der Waals surface area (Å²) in [6.45, 7) is 10.3. The smallest absolute Gasteiger partial charge is 0.302 e. The molecule has 0 amide bonds. The molecule has 2 aliphatic rings. The first-order chi connectivity index (χ1) is 8.25. The maximum Gasteiger partial charge on any atom is 0.302 e. The van der Waals surface area contributed by atoms with E-state index in [1.165, 1.54) is 19.8 Å². The Hall–Kier alpha value is -0.570. The van der Waals surface area contributed by atoms with Crippen molar-refractivity contribution in [1.29, 1.82) is 0 Å². The second-order valence-electron chi connectivity index (χ2n) is 6.83. The van der Waals surface area contributed by atoms with Crippen molar-refractivity contribution in [3.63, 3.8) is 0 Å². The fourth-order valence-electron chi connectivity index (χ4n) is 4.07. The fourth-order valence-corrected chi connectivity index (χ4v) is 4.07. The molecule has 2 fully saturated rings. The van der Waals surface area contributed by atoms with E-state index < -0.39 is 0 Å². The van der Waals surface area contributed by atoms with Crippen molar-refractivity contribution in [2.45, 2.75) is 78.1 Å². The highest BCUT2D eigenvalue weighted by molar-refractivity contribution is 5.66. The summed E-state index contributed by atoms with van der Waals surface area (Å²) >= 11 is 0. The second kappa shape index (κ2) is 4.52. The summed E-state index contributed by atoms with van der Waals surface area (Å²) in [5.74, 6) is 0.388. The topological polar surface area (TPSA) is 35.5 Å². The Labute approximate surface area is 110 Å². The number of hydrogen-bond donors (Lipinski definition) is 0. The molecule has 0 N–H and O–H groups in total. The molecule has 4 atom stereocenters. The molecule has 2 rings (SSSR count). The highest BCUT2D eigenvalue weighted by atomic mass is 16.5. The lowest BCUT2D eigenvalue weighted by molar-refractivity contribution is -0.146. The van der Waals surface area contributed by atoms with Crippen molar-refractivity contribution < 1.29 is 14.3 Å². The molecule has 1 unspecified atom stereocenters. The Morgan fingerprint density at radius 3 is 2.61 bits per heavy atom. The highest BCUT2D eigenvalue weighted by Gasteiger charge is 2.60. The minimum Gasteiger partial charge on any atom is -0.463 e. The molecule has 0 aromatic heterocycles. The van der Waals surface area contributed by atoms with Crippen LogP contribution in [0.25, 0.3) is 0 Å². The van der Waals surface area contributed by atoms with E-state index in [-0.39, 0.29) is 23.1 Å². The van der Waals surface area contributed by atoms with Crippen molar-refractivity contribution in [3.8, 4) is 0 Å². The summed E-state index contributed by atoms with van der Waals surface area (Å²) in [6, 6.07) is 0. The number of hydrogen-bond acceptors (Lipinski definition) is 3. The fraction of sp³-hybridized carbons (Fsp3) is 0.933. The molecular weight excluding hydrogens is 228 g/mol. The predicted molar refractivity (Wildman–Crippen MR) is 70.2 cm³/mol. The van der Waals surface area contributed by atoms with Crippen LogP contribution in [0, 0.1) is 11.3 Å². The van der Waals surface area contributed by atoms with Crippen LogP contribution in [0.3, 0.4) is 0 Å². The molecule has 0 spiro atoms. The first-order valence-corrected chi connectivity index (χ1v) is 7.11. The maximum atomic E-state index is 10.9. The average molecular weight is 254 g/mol. The van der Waals surface area contributed by atoms with Crippen molar-refractivity contribution in [2.75, 3.05) is 0 Å². The number of carbonyl (C=O) groups is 1. The summed E-state index contributed by atoms with van der Waals surface area (Å²) in [5.41, 5.74) is 0.299. The SMILES string of the molecule is CC(=O)OC(C)CC[C@H]1C(C)(C)[C@H]2CC[C@]1(C)O2. The Morgan fingerprint density at radius 1 is 1.44 bits per heavy atom. The third kappa shape index (κ3) is 2.29. The van der Waals surface area contributed by atoms with Gasteiger partial charge < -0.3 is 9.47 Å². The van der Waals surface area contributed by atoms with E-state index in [1.807, 2.05) is 6.92 Å². The van der Waals surface area contributed by atoms with Crippen molar-refractivity contribution in [2.24, 2.45) is 11.3 Å². The summed E-state index contributed by atoms with van der Waals surface area (Å²) < 4.78 is 11.4. The Morgan fingerprint density at radius 2 is 2.11 bits per heavy atom. The minimum absolute atomic E-state index is 0.0148. The highest BCUT2D eigenvalue weighted by Crippen LogP contribution is 2.59. The van der Waals surface area contributed by atoms with Crippen molar-refractivity contribution in [1.82, 2.24) is 0 Å². The van der Waals surface area contributed by atoms with E-state index in [1.54, 1.807) is 0 Å². The molecule has 0 aromatic rings. The normalized spacial score (nSPS) is 38.7. The lowest BCUT2D eigenvalue weighted by Gasteiger charge is -2.39. The number of esters is 1. The van der Waals surface area contributed by atoms with Gasteiger partial charge in [-0.15, -0.1) is 0 Å². The van der Waals surface area contributed by atoms with Gasteiger partial charge in [0.25, 0.3) is 0 Å². The van der Waals surface area contributed by atoms with Crippen LogP contribution < -0.4 is 0 Å². The van der Waals surface area contributed by atoms with Gasteiger partial charge in [-0.3, -0.25) is 4.79 Å². The third-order valence-electron chi connectivity index (χ3n) is 5.01. The second-order valence-corrected chi connectivity index (χ2v) is 6.83. The molecule has 2 saturated heterocycles. The molecule has 0 radical (unpaired) electrons. The van der Waals surface area contributed by atoms with Gasteiger partial charge in [0, 0.05) is 6.92 Å². The van der Waals surface area contributed by atoms with Crippen LogP contribution in [0.2, 0.25) is 0 Å². The van der Waals surface area contributed by atoms with Gasteiger partial charge in [-0.2, -0.15) is 0 Å². The molecule has 0 saturated carbocycles. The van der Waals surface area contributed by atoms with Gasteiger partial charge in [-0.25, -0.2) is 0 Å². The van der Waals surface area contributed by atoms with Gasteiger partial charge in [0.15, 0.2) is 0 Å². The summed E-state index contributed by atoms with van der Waals surface area (Å²) in [5, 5.41) is 0. The Bertz CT molecular complexity index is 332. The molecule has 3 nitrogen and oxygen atoms in total. The molecule has 2 bridgehead atoms. The van der Waals surface area contributed by atoms with E-state index >= 15 is 0 Å². The first-order valence-electron chi connectivity index (χ1n) is 7.11. The van der Waals surface area contributed by atoms with E-state index in [4.69, 9.17) is 9.47 Å². The zero-order valence-electron chi connectivity index (χ0n) is 12.3. The maximum absolute atomic E-state index is 10.9. The number of carbonyl (C=O) groups excluding carboxylic acids is 1. The number of rotatable bonds is 4. The number of fused-ring (bicyclic) bond motifs is 2. The van der Waals surface area contributed by atoms with Gasteiger partial charge in [-0.05, 0) is 50.9 Å². The number of ether oxygens (including phenoxy) is 2. The van der Waals surface area contributed by atoms with Gasteiger partial charge in [0.05, 0.1) is 17.8 Å². The minimum atomic E-state index is -0.183. The lowest BCUT2D eigenvalue weighted by atomic mass is 9.62. The van der Waals surface area contributed by atoms with E-state index in [2.05, 4.69) is 20.8 Å². The van der Waals surface area contributed by atoms with Gasteiger partial charge in [-0.1, -0.05) is 13.8 Å². The van der Waals surface area contributed by atoms with Crippen LogP contribution in [-0.2, 0) is 14.3 Å². The Balaban J connectivity index is 1.95. The zero-order chi connectivity index (χ0) is 13.6. The quantitative estimate of drug-likeness (QED) is 0.722. The van der Waals surface area contributed by atoms with E-state index in [0.717, 1.165) is 12.8 Å². The molecule has 2 heterocycles.